The quantitative estimate of drug-likeness (QED) is 0.688. The molecule has 2 aromatic rings. The predicted molar refractivity (Wildman–Crippen MR) is 76.0 cm³/mol. The third kappa shape index (κ3) is 2.64. The molecule has 1 N–H and O–H groups in total. The maximum atomic E-state index is 11.2. The number of nitro benzene ring substituents is 1. The Hall–Kier alpha value is -2.28. The van der Waals surface area contributed by atoms with E-state index in [1.165, 1.54) is 6.07 Å². The number of nitro groups is 1. The third-order valence-corrected chi connectivity index (χ3v) is 3.77. The fourth-order valence-corrected chi connectivity index (χ4v) is 2.66. The zero-order valence-electron chi connectivity index (χ0n) is 11.7. The van der Waals surface area contributed by atoms with Gasteiger partial charge in [0.2, 0.25) is 0 Å². The Labute approximate surface area is 121 Å². The van der Waals surface area contributed by atoms with Crippen LogP contribution in [0.4, 0.5) is 5.69 Å². The zero-order valence-corrected chi connectivity index (χ0v) is 11.7. The lowest BCUT2D eigenvalue weighted by atomic mass is 9.99. The number of nitrogens with zero attached hydrogens (tertiary/aromatic N) is 3. The van der Waals surface area contributed by atoms with E-state index in [0.29, 0.717) is 11.4 Å². The predicted octanol–water partition coefficient (Wildman–Crippen LogP) is 2.42. The summed E-state index contributed by atoms with van der Waals surface area (Å²) in [6.07, 6.45) is 2.07. The number of benzene rings is 1. The van der Waals surface area contributed by atoms with Gasteiger partial charge in [0, 0.05) is 18.5 Å². The Morgan fingerprint density at radius 2 is 2.33 bits per heavy atom. The highest BCUT2D eigenvalue weighted by Crippen LogP contribution is 2.33. The van der Waals surface area contributed by atoms with E-state index in [2.05, 4.69) is 15.5 Å². The van der Waals surface area contributed by atoms with Crippen LogP contribution in [0.25, 0.3) is 11.5 Å². The van der Waals surface area contributed by atoms with Crippen molar-refractivity contribution in [2.75, 3.05) is 13.1 Å². The van der Waals surface area contributed by atoms with Crippen molar-refractivity contribution in [2.45, 2.75) is 25.7 Å². The van der Waals surface area contributed by atoms with Crippen molar-refractivity contribution in [1.29, 1.82) is 0 Å². The average molecular weight is 288 g/mol. The molecule has 1 saturated heterocycles. The highest BCUT2D eigenvalue weighted by molar-refractivity contribution is 5.70. The van der Waals surface area contributed by atoms with Crippen LogP contribution in [0.5, 0.6) is 0 Å². The third-order valence-electron chi connectivity index (χ3n) is 3.77. The van der Waals surface area contributed by atoms with Gasteiger partial charge in [-0.1, -0.05) is 17.3 Å². The second kappa shape index (κ2) is 5.61. The molecule has 0 saturated carbocycles. The highest BCUT2D eigenvalue weighted by Gasteiger charge is 2.25. The van der Waals surface area contributed by atoms with Gasteiger partial charge in [0.05, 0.1) is 4.92 Å². The fourth-order valence-electron chi connectivity index (χ4n) is 2.66. The average Bonchev–Trinajstić information content (AvgIpc) is 2.97. The minimum atomic E-state index is -0.422. The first kappa shape index (κ1) is 13.7. The van der Waals surface area contributed by atoms with Gasteiger partial charge in [-0.15, -0.1) is 0 Å². The SMILES string of the molecule is Cc1cccc([N+](=O)[O-])c1-c1nc(C2CCCNC2)no1. The summed E-state index contributed by atoms with van der Waals surface area (Å²) in [5.74, 6) is 1.05. The maximum absolute atomic E-state index is 11.2. The van der Waals surface area contributed by atoms with Gasteiger partial charge in [-0.2, -0.15) is 4.98 Å². The Morgan fingerprint density at radius 3 is 3.05 bits per heavy atom. The summed E-state index contributed by atoms with van der Waals surface area (Å²) in [5.41, 5.74) is 1.15. The second-order valence-electron chi connectivity index (χ2n) is 5.23. The molecule has 1 atom stereocenters. The summed E-state index contributed by atoms with van der Waals surface area (Å²) in [7, 11) is 0. The lowest BCUT2D eigenvalue weighted by Gasteiger charge is -2.19. The van der Waals surface area contributed by atoms with E-state index in [9.17, 15) is 10.1 Å². The molecule has 2 heterocycles. The molecule has 1 aromatic carbocycles. The van der Waals surface area contributed by atoms with Crippen LogP contribution in [-0.4, -0.2) is 28.2 Å². The van der Waals surface area contributed by atoms with E-state index >= 15 is 0 Å². The molecule has 0 spiro atoms. The molecule has 21 heavy (non-hydrogen) atoms. The molecule has 7 heteroatoms. The van der Waals surface area contributed by atoms with Crippen molar-refractivity contribution in [2.24, 2.45) is 0 Å². The molecule has 1 aliphatic rings. The molecule has 1 unspecified atom stereocenters. The fraction of sp³-hybridized carbons (Fsp3) is 0.429. The maximum Gasteiger partial charge on any atom is 0.282 e. The van der Waals surface area contributed by atoms with E-state index in [1.54, 1.807) is 19.1 Å². The second-order valence-corrected chi connectivity index (χ2v) is 5.23. The van der Waals surface area contributed by atoms with Crippen LogP contribution in [0.15, 0.2) is 22.7 Å². The molecule has 0 aliphatic carbocycles. The number of hydrogen-bond acceptors (Lipinski definition) is 6. The van der Waals surface area contributed by atoms with E-state index in [4.69, 9.17) is 4.52 Å². The highest BCUT2D eigenvalue weighted by atomic mass is 16.6. The molecular weight excluding hydrogens is 272 g/mol. The lowest BCUT2D eigenvalue weighted by Crippen LogP contribution is -2.28. The number of aryl methyl sites for hydroxylation is 1. The summed E-state index contributed by atoms with van der Waals surface area (Å²) in [6, 6.07) is 4.90. The Bertz CT molecular complexity index is 662. The summed E-state index contributed by atoms with van der Waals surface area (Å²) < 4.78 is 5.28. The van der Waals surface area contributed by atoms with Gasteiger partial charge >= 0.3 is 0 Å². The minimum absolute atomic E-state index is 0.00744. The van der Waals surface area contributed by atoms with Crippen LogP contribution in [0.1, 0.15) is 30.1 Å². The number of hydrogen-bond donors (Lipinski definition) is 1. The van der Waals surface area contributed by atoms with Crippen molar-refractivity contribution >= 4 is 5.69 Å². The van der Waals surface area contributed by atoms with Gasteiger partial charge in [-0.25, -0.2) is 0 Å². The van der Waals surface area contributed by atoms with Crippen LogP contribution in [0.3, 0.4) is 0 Å². The molecule has 1 aromatic heterocycles. The summed E-state index contributed by atoms with van der Waals surface area (Å²) in [6.45, 7) is 3.62. The van der Waals surface area contributed by atoms with Crippen LogP contribution in [0, 0.1) is 17.0 Å². The van der Waals surface area contributed by atoms with Crippen molar-refractivity contribution in [3.8, 4) is 11.5 Å². The van der Waals surface area contributed by atoms with Gasteiger partial charge in [0.1, 0.15) is 5.56 Å². The molecular formula is C14H16N4O3. The molecule has 7 nitrogen and oxygen atoms in total. The van der Waals surface area contributed by atoms with Gasteiger partial charge in [-0.3, -0.25) is 10.1 Å². The topological polar surface area (TPSA) is 94.1 Å². The van der Waals surface area contributed by atoms with E-state index in [0.717, 1.165) is 31.5 Å². The van der Waals surface area contributed by atoms with Gasteiger partial charge in [0.25, 0.3) is 11.6 Å². The van der Waals surface area contributed by atoms with E-state index < -0.39 is 4.92 Å². The molecule has 1 fully saturated rings. The smallest absolute Gasteiger partial charge is 0.282 e. The lowest BCUT2D eigenvalue weighted by molar-refractivity contribution is -0.384. The Morgan fingerprint density at radius 1 is 1.48 bits per heavy atom. The molecule has 1 aliphatic heterocycles. The number of piperidine rings is 1. The first-order valence-corrected chi connectivity index (χ1v) is 6.95. The monoisotopic (exact) mass is 288 g/mol. The first-order chi connectivity index (χ1) is 10.2. The van der Waals surface area contributed by atoms with Crippen molar-refractivity contribution in [1.82, 2.24) is 15.5 Å². The molecule has 0 amide bonds. The number of aromatic nitrogens is 2. The van der Waals surface area contributed by atoms with Crippen LogP contribution < -0.4 is 5.32 Å². The van der Waals surface area contributed by atoms with Crippen molar-refractivity contribution in [3.63, 3.8) is 0 Å². The normalized spacial score (nSPS) is 18.6. The van der Waals surface area contributed by atoms with Gasteiger partial charge < -0.3 is 9.84 Å². The van der Waals surface area contributed by atoms with Gasteiger partial charge in [-0.05, 0) is 31.9 Å². The molecule has 0 radical (unpaired) electrons. The van der Waals surface area contributed by atoms with Crippen LogP contribution in [0.2, 0.25) is 0 Å². The zero-order chi connectivity index (χ0) is 14.8. The number of rotatable bonds is 3. The number of nitrogens with one attached hydrogen (secondary N) is 1. The Balaban J connectivity index is 1.98. The van der Waals surface area contributed by atoms with Crippen LogP contribution in [-0.2, 0) is 0 Å². The van der Waals surface area contributed by atoms with Crippen LogP contribution >= 0.6 is 0 Å². The standard InChI is InChI=1S/C14H16N4O3/c1-9-4-2-6-11(18(19)20)12(9)14-16-13(17-21-14)10-5-3-7-15-8-10/h2,4,6,10,15H,3,5,7-8H2,1H3. The molecule has 3 rings (SSSR count). The molecule has 0 bridgehead atoms. The summed E-state index contributed by atoms with van der Waals surface area (Å²) in [5, 5.41) is 18.5. The first-order valence-electron chi connectivity index (χ1n) is 6.95. The Kier molecular flexibility index (Phi) is 3.66. The summed E-state index contributed by atoms with van der Waals surface area (Å²) >= 11 is 0. The molecule has 110 valence electrons. The summed E-state index contributed by atoms with van der Waals surface area (Å²) in [4.78, 5) is 15.1. The van der Waals surface area contributed by atoms with E-state index in [1.807, 2.05) is 0 Å². The van der Waals surface area contributed by atoms with Crippen molar-refractivity contribution in [3.05, 3.63) is 39.7 Å². The van der Waals surface area contributed by atoms with Crippen molar-refractivity contribution < 1.29 is 9.45 Å². The van der Waals surface area contributed by atoms with E-state index in [-0.39, 0.29) is 17.5 Å². The van der Waals surface area contributed by atoms with Gasteiger partial charge in [0.15, 0.2) is 5.82 Å². The minimum Gasteiger partial charge on any atom is -0.334 e. The largest absolute Gasteiger partial charge is 0.334 e.